The molecule has 0 radical (unpaired) electrons. The molecule has 2 saturated heterocycles. The van der Waals surface area contributed by atoms with Crippen LogP contribution in [-0.4, -0.2) is 43.2 Å². The summed E-state index contributed by atoms with van der Waals surface area (Å²) in [6, 6.07) is 0.280. The van der Waals surface area contributed by atoms with Gasteiger partial charge in [-0.05, 0) is 46.5 Å². The van der Waals surface area contributed by atoms with E-state index in [-0.39, 0.29) is 34.8 Å². The fraction of sp³-hybridized carbons (Fsp3) is 0.611. The molecule has 2 aliphatic heterocycles. The molecule has 4 rings (SSSR count). The van der Waals surface area contributed by atoms with Crippen LogP contribution < -0.4 is 0 Å². The number of carbonyl (C=O) groups excluding carboxylic acids is 1. The number of piperidine rings is 1. The Bertz CT molecular complexity index is 849. The van der Waals surface area contributed by atoms with E-state index in [0.29, 0.717) is 5.65 Å². The normalized spacial score (nSPS) is 25.7. The van der Waals surface area contributed by atoms with Crippen LogP contribution in [0.3, 0.4) is 0 Å². The quantitative estimate of drug-likeness (QED) is 0.691. The van der Waals surface area contributed by atoms with Crippen molar-refractivity contribution in [3.8, 4) is 0 Å². The first-order valence-corrected chi connectivity index (χ1v) is 9.30. The number of hydrogen-bond donors (Lipinski definition) is 0. The lowest BCUT2D eigenvalue weighted by Crippen LogP contribution is -2.48. The molecular formula is C18H22ClFN4O2. The summed E-state index contributed by atoms with van der Waals surface area (Å²) in [6.07, 6.45) is 5.94. The van der Waals surface area contributed by atoms with Crippen molar-refractivity contribution in [3.63, 3.8) is 0 Å². The monoisotopic (exact) mass is 380 g/mol. The number of aromatic nitrogens is 3. The molecule has 6 nitrogen and oxygen atoms in total. The van der Waals surface area contributed by atoms with Crippen LogP contribution in [0, 0.1) is 5.82 Å². The first-order chi connectivity index (χ1) is 12.2. The highest BCUT2D eigenvalue weighted by Gasteiger charge is 2.45. The summed E-state index contributed by atoms with van der Waals surface area (Å²) in [4.78, 5) is 22.6. The number of rotatable bonds is 1. The van der Waals surface area contributed by atoms with Gasteiger partial charge in [-0.1, -0.05) is 11.6 Å². The molecule has 1 amide bonds. The predicted octanol–water partition coefficient (Wildman–Crippen LogP) is 4.33. The van der Waals surface area contributed by atoms with Crippen LogP contribution in [0.2, 0.25) is 5.15 Å². The van der Waals surface area contributed by atoms with Gasteiger partial charge in [-0.25, -0.2) is 19.2 Å². The van der Waals surface area contributed by atoms with Gasteiger partial charge in [0.05, 0.1) is 5.39 Å². The van der Waals surface area contributed by atoms with Crippen molar-refractivity contribution in [2.45, 2.75) is 70.2 Å². The van der Waals surface area contributed by atoms with Gasteiger partial charge in [-0.2, -0.15) is 0 Å². The minimum absolute atomic E-state index is 0.0733. The Kier molecular flexibility index (Phi) is 4.10. The number of fused-ring (bicyclic) bond motifs is 3. The molecule has 2 bridgehead atoms. The second-order valence-corrected chi connectivity index (χ2v) is 8.50. The van der Waals surface area contributed by atoms with Crippen LogP contribution in [0.1, 0.15) is 52.5 Å². The van der Waals surface area contributed by atoms with Crippen molar-refractivity contribution in [2.24, 2.45) is 0 Å². The van der Waals surface area contributed by atoms with Crippen LogP contribution in [0.15, 0.2) is 12.5 Å². The molecule has 0 aromatic carbocycles. The van der Waals surface area contributed by atoms with Gasteiger partial charge in [0.2, 0.25) is 0 Å². The van der Waals surface area contributed by atoms with E-state index in [0.717, 1.165) is 25.7 Å². The molecular weight excluding hydrogens is 359 g/mol. The summed E-state index contributed by atoms with van der Waals surface area (Å²) in [7, 11) is 0. The first-order valence-electron chi connectivity index (χ1n) is 8.92. The van der Waals surface area contributed by atoms with E-state index < -0.39 is 11.4 Å². The third-order valence-electron chi connectivity index (χ3n) is 5.22. The molecule has 2 aromatic rings. The van der Waals surface area contributed by atoms with Gasteiger partial charge >= 0.3 is 6.09 Å². The fourth-order valence-corrected chi connectivity index (χ4v) is 4.49. The van der Waals surface area contributed by atoms with E-state index in [1.165, 1.54) is 12.5 Å². The molecule has 2 fully saturated rings. The van der Waals surface area contributed by atoms with Gasteiger partial charge in [0.1, 0.15) is 22.7 Å². The van der Waals surface area contributed by atoms with Gasteiger partial charge in [0.25, 0.3) is 0 Å². The lowest BCUT2D eigenvalue weighted by Gasteiger charge is -2.40. The Hall–Kier alpha value is -1.89. The summed E-state index contributed by atoms with van der Waals surface area (Å²) in [6.45, 7) is 5.62. The summed E-state index contributed by atoms with van der Waals surface area (Å²) < 4.78 is 21.8. The number of ether oxygens (including phenoxy) is 1. The van der Waals surface area contributed by atoms with Crippen LogP contribution in [0.5, 0.6) is 0 Å². The lowest BCUT2D eigenvalue weighted by molar-refractivity contribution is 0.00312. The van der Waals surface area contributed by atoms with Crippen LogP contribution in [0.25, 0.3) is 11.0 Å². The van der Waals surface area contributed by atoms with Crippen LogP contribution >= 0.6 is 11.6 Å². The maximum atomic E-state index is 14.4. The van der Waals surface area contributed by atoms with Crippen molar-refractivity contribution >= 4 is 28.7 Å². The van der Waals surface area contributed by atoms with Crippen molar-refractivity contribution in [1.29, 1.82) is 0 Å². The van der Waals surface area contributed by atoms with Gasteiger partial charge in [0, 0.05) is 24.3 Å². The van der Waals surface area contributed by atoms with Gasteiger partial charge in [-0.3, -0.25) is 0 Å². The van der Waals surface area contributed by atoms with E-state index in [1.807, 2.05) is 30.2 Å². The first kappa shape index (κ1) is 17.5. The Morgan fingerprint density at radius 2 is 1.88 bits per heavy atom. The smallest absolute Gasteiger partial charge is 0.410 e. The van der Waals surface area contributed by atoms with Gasteiger partial charge in [-0.15, -0.1) is 0 Å². The zero-order valence-electron chi connectivity index (χ0n) is 15.1. The minimum atomic E-state index is -0.513. The highest BCUT2D eigenvalue weighted by Crippen LogP contribution is 2.43. The molecule has 2 aliphatic rings. The second kappa shape index (κ2) is 6.08. The Balaban J connectivity index is 1.60. The standard InChI is InChI=1S/C18H22ClFN4O2/c1-18(2,3)26-17(25)24-10-4-5-11(24)7-12(6-10)23-8-13(20)14-15(19)21-9-22-16(14)23/h8-12H,4-7H2,1-3H3/t10-,11+,12?. The Morgan fingerprint density at radius 3 is 2.50 bits per heavy atom. The SMILES string of the molecule is CC(C)(C)OC(=O)N1[C@@H]2CC[C@H]1CC(n1cc(F)c3c(Cl)ncnc31)C2. The Morgan fingerprint density at radius 1 is 1.23 bits per heavy atom. The van der Waals surface area contributed by atoms with Gasteiger partial charge < -0.3 is 14.2 Å². The van der Waals surface area contributed by atoms with E-state index in [9.17, 15) is 9.18 Å². The maximum Gasteiger partial charge on any atom is 0.410 e. The number of amides is 1. The third-order valence-corrected chi connectivity index (χ3v) is 5.51. The molecule has 2 aromatic heterocycles. The number of nitrogens with zero attached hydrogens (tertiary/aromatic N) is 4. The van der Waals surface area contributed by atoms with Crippen molar-refractivity contribution < 1.29 is 13.9 Å². The molecule has 4 heterocycles. The molecule has 1 unspecified atom stereocenters. The lowest BCUT2D eigenvalue weighted by atomic mass is 9.97. The average Bonchev–Trinajstić information content (AvgIpc) is 3.01. The molecule has 0 spiro atoms. The molecule has 140 valence electrons. The third kappa shape index (κ3) is 2.92. The Labute approximate surface area is 156 Å². The summed E-state index contributed by atoms with van der Waals surface area (Å²) in [5, 5.41) is 0.386. The molecule has 0 saturated carbocycles. The largest absolute Gasteiger partial charge is 0.444 e. The molecule has 3 atom stereocenters. The minimum Gasteiger partial charge on any atom is -0.444 e. The van der Waals surface area contributed by atoms with E-state index in [1.54, 1.807) is 0 Å². The van der Waals surface area contributed by atoms with Crippen LogP contribution in [0.4, 0.5) is 9.18 Å². The van der Waals surface area contributed by atoms with E-state index in [4.69, 9.17) is 16.3 Å². The molecule has 0 aliphatic carbocycles. The number of halogens is 2. The summed E-state index contributed by atoms with van der Waals surface area (Å²) in [5.41, 5.74) is -0.00141. The zero-order valence-corrected chi connectivity index (χ0v) is 15.8. The van der Waals surface area contributed by atoms with Crippen molar-refractivity contribution in [3.05, 3.63) is 23.5 Å². The number of carbonyl (C=O) groups is 1. The molecule has 8 heteroatoms. The maximum absolute atomic E-state index is 14.4. The second-order valence-electron chi connectivity index (χ2n) is 8.15. The average molecular weight is 381 g/mol. The topological polar surface area (TPSA) is 60.2 Å². The van der Waals surface area contributed by atoms with Gasteiger partial charge in [0.15, 0.2) is 5.82 Å². The predicted molar refractivity (Wildman–Crippen MR) is 95.7 cm³/mol. The molecule has 0 N–H and O–H groups in total. The summed E-state index contributed by atoms with van der Waals surface area (Å²) in [5.74, 6) is -0.410. The fourth-order valence-electron chi connectivity index (χ4n) is 4.27. The summed E-state index contributed by atoms with van der Waals surface area (Å²) >= 11 is 6.04. The highest BCUT2D eigenvalue weighted by atomic mass is 35.5. The van der Waals surface area contributed by atoms with Crippen molar-refractivity contribution in [1.82, 2.24) is 19.4 Å². The zero-order chi connectivity index (χ0) is 18.6. The van der Waals surface area contributed by atoms with Crippen molar-refractivity contribution in [2.75, 3.05) is 0 Å². The van der Waals surface area contributed by atoms with Crippen LogP contribution in [-0.2, 0) is 4.74 Å². The van der Waals surface area contributed by atoms with E-state index >= 15 is 0 Å². The van der Waals surface area contributed by atoms with E-state index in [2.05, 4.69) is 9.97 Å². The number of hydrogen-bond acceptors (Lipinski definition) is 4. The highest BCUT2D eigenvalue weighted by molar-refractivity contribution is 6.34. The molecule has 26 heavy (non-hydrogen) atoms.